The summed E-state index contributed by atoms with van der Waals surface area (Å²) < 4.78 is 18.9. The van der Waals surface area contributed by atoms with Crippen molar-refractivity contribution in [2.45, 2.75) is 25.7 Å². The highest BCUT2D eigenvalue weighted by Gasteiger charge is 2.19. The number of methoxy groups -OCH3 is 1. The van der Waals surface area contributed by atoms with Crippen LogP contribution in [0.3, 0.4) is 0 Å². The number of benzene rings is 2. The summed E-state index contributed by atoms with van der Waals surface area (Å²) in [5.41, 5.74) is 3.12. The molecule has 3 aromatic rings. The topological polar surface area (TPSA) is 45.5 Å². The summed E-state index contributed by atoms with van der Waals surface area (Å²) in [5.74, 6) is 1.39. The highest BCUT2D eigenvalue weighted by molar-refractivity contribution is 5.63. The zero-order valence-electron chi connectivity index (χ0n) is 14.8. The van der Waals surface area contributed by atoms with Crippen molar-refractivity contribution >= 4 is 0 Å². The zero-order chi connectivity index (χ0) is 17.8. The molecule has 0 unspecified atom stereocenters. The number of hydrogen-bond donors (Lipinski definition) is 0. The number of nitrogens with zero attached hydrogens (tertiary/aromatic N) is 2. The van der Waals surface area contributed by atoms with E-state index in [2.05, 4.69) is 12.1 Å². The minimum Gasteiger partial charge on any atom is -0.493 e. The highest BCUT2D eigenvalue weighted by atomic mass is 16.7. The minimum absolute atomic E-state index is 0.199. The van der Waals surface area contributed by atoms with E-state index in [4.69, 9.17) is 19.3 Å². The fraction of sp³-hybridized carbons (Fsp3) is 0.286. The number of aromatic nitrogens is 2. The Bertz CT molecular complexity index is 855. The predicted octanol–water partition coefficient (Wildman–Crippen LogP) is 4.12. The number of ether oxygens (including phenoxy) is 3. The molecule has 0 saturated carbocycles. The molecular formula is C21H22N2O3. The normalized spacial score (nSPS) is 16.6. The van der Waals surface area contributed by atoms with Crippen LogP contribution >= 0.6 is 0 Å². The summed E-state index contributed by atoms with van der Waals surface area (Å²) in [6, 6.07) is 18.2. The highest BCUT2D eigenvalue weighted by Crippen LogP contribution is 2.34. The van der Waals surface area contributed by atoms with E-state index in [9.17, 15) is 0 Å². The molecule has 1 aliphatic heterocycles. The Morgan fingerprint density at radius 2 is 2.00 bits per heavy atom. The summed E-state index contributed by atoms with van der Waals surface area (Å²) in [6.07, 6.45) is 3.72. The molecule has 0 bridgehead atoms. The van der Waals surface area contributed by atoms with Crippen LogP contribution in [0.1, 0.15) is 18.4 Å². The zero-order valence-corrected chi connectivity index (χ0v) is 14.8. The minimum atomic E-state index is -0.199. The van der Waals surface area contributed by atoms with E-state index >= 15 is 0 Å². The quantitative estimate of drug-likeness (QED) is 0.671. The van der Waals surface area contributed by atoms with Crippen molar-refractivity contribution in [3.05, 3.63) is 66.4 Å². The van der Waals surface area contributed by atoms with Crippen LogP contribution in [0.5, 0.6) is 11.5 Å². The Hall–Kier alpha value is -2.79. The second kappa shape index (κ2) is 7.62. The molecule has 0 amide bonds. The predicted molar refractivity (Wildman–Crippen MR) is 99.4 cm³/mol. The molecule has 4 rings (SSSR count). The van der Waals surface area contributed by atoms with Gasteiger partial charge in [0.1, 0.15) is 0 Å². The Kier molecular flexibility index (Phi) is 4.88. The Morgan fingerprint density at radius 1 is 1.12 bits per heavy atom. The van der Waals surface area contributed by atoms with E-state index in [0.717, 1.165) is 37.3 Å². The summed E-state index contributed by atoms with van der Waals surface area (Å²) >= 11 is 0. The van der Waals surface area contributed by atoms with E-state index in [-0.39, 0.29) is 6.29 Å². The van der Waals surface area contributed by atoms with Crippen LogP contribution < -0.4 is 9.47 Å². The first-order valence-electron chi connectivity index (χ1n) is 8.86. The lowest BCUT2D eigenvalue weighted by Crippen LogP contribution is -2.14. The van der Waals surface area contributed by atoms with Gasteiger partial charge in [-0.05, 0) is 36.2 Å². The molecule has 1 aliphatic rings. The average molecular weight is 350 g/mol. The molecule has 0 N–H and O–H groups in total. The van der Waals surface area contributed by atoms with Crippen molar-refractivity contribution in [1.29, 1.82) is 0 Å². The van der Waals surface area contributed by atoms with Gasteiger partial charge in [0.15, 0.2) is 17.8 Å². The van der Waals surface area contributed by atoms with Gasteiger partial charge in [0.05, 0.1) is 26.0 Å². The number of rotatable bonds is 6. The van der Waals surface area contributed by atoms with Gasteiger partial charge in [0.2, 0.25) is 0 Å². The Morgan fingerprint density at radius 3 is 2.77 bits per heavy atom. The molecule has 1 saturated heterocycles. The maximum absolute atomic E-state index is 5.98. The van der Waals surface area contributed by atoms with Crippen LogP contribution in [0, 0.1) is 0 Å². The molecular weight excluding hydrogens is 328 g/mol. The molecule has 5 heteroatoms. The monoisotopic (exact) mass is 350 g/mol. The summed E-state index contributed by atoms with van der Waals surface area (Å²) in [4.78, 5) is 0. The fourth-order valence-corrected chi connectivity index (χ4v) is 3.08. The second-order valence-corrected chi connectivity index (χ2v) is 6.31. The van der Waals surface area contributed by atoms with E-state index in [0.29, 0.717) is 11.5 Å². The first-order valence-corrected chi connectivity index (χ1v) is 8.86. The lowest BCUT2D eigenvalue weighted by Gasteiger charge is -2.16. The summed E-state index contributed by atoms with van der Waals surface area (Å²) in [6.45, 7) is 1.49. The van der Waals surface area contributed by atoms with Gasteiger partial charge in [-0.2, -0.15) is 5.10 Å². The molecule has 2 heterocycles. The van der Waals surface area contributed by atoms with Crippen LogP contribution in [0.15, 0.2) is 60.8 Å². The number of hydrogen-bond acceptors (Lipinski definition) is 4. The molecule has 1 fully saturated rings. The SMILES string of the molecule is COc1ccc(-c2ccn(Cc3ccccc3)n2)cc1O[C@H]1CCCO1. The average Bonchev–Trinajstić information content (AvgIpc) is 3.35. The van der Waals surface area contributed by atoms with E-state index < -0.39 is 0 Å². The lowest BCUT2D eigenvalue weighted by molar-refractivity contribution is -0.0402. The van der Waals surface area contributed by atoms with Gasteiger partial charge in [-0.1, -0.05) is 30.3 Å². The molecule has 1 atom stereocenters. The van der Waals surface area contributed by atoms with Gasteiger partial charge in [0, 0.05) is 18.2 Å². The van der Waals surface area contributed by atoms with Gasteiger partial charge in [-0.25, -0.2) is 0 Å². The molecule has 134 valence electrons. The van der Waals surface area contributed by atoms with Crippen LogP contribution in [0.25, 0.3) is 11.3 Å². The third kappa shape index (κ3) is 3.73. The Labute approximate surface area is 153 Å². The fourth-order valence-electron chi connectivity index (χ4n) is 3.08. The van der Waals surface area contributed by atoms with Gasteiger partial charge >= 0.3 is 0 Å². The van der Waals surface area contributed by atoms with Crippen molar-refractivity contribution in [1.82, 2.24) is 9.78 Å². The van der Waals surface area contributed by atoms with Crippen molar-refractivity contribution in [3.63, 3.8) is 0 Å². The van der Waals surface area contributed by atoms with Crippen LogP contribution in [-0.2, 0) is 11.3 Å². The molecule has 0 aliphatic carbocycles. The maximum atomic E-state index is 5.98. The van der Waals surface area contributed by atoms with E-state index in [1.165, 1.54) is 5.56 Å². The molecule has 0 spiro atoms. The lowest BCUT2D eigenvalue weighted by atomic mass is 10.1. The summed E-state index contributed by atoms with van der Waals surface area (Å²) in [7, 11) is 1.64. The first-order chi connectivity index (χ1) is 12.8. The molecule has 2 aromatic carbocycles. The second-order valence-electron chi connectivity index (χ2n) is 6.31. The van der Waals surface area contributed by atoms with Gasteiger partial charge in [0.25, 0.3) is 0 Å². The van der Waals surface area contributed by atoms with E-state index in [1.54, 1.807) is 7.11 Å². The summed E-state index contributed by atoms with van der Waals surface area (Å²) in [5, 5.41) is 4.69. The maximum Gasteiger partial charge on any atom is 0.200 e. The van der Waals surface area contributed by atoms with Crippen LogP contribution in [0.4, 0.5) is 0 Å². The van der Waals surface area contributed by atoms with Crippen molar-refractivity contribution in [3.8, 4) is 22.8 Å². The smallest absolute Gasteiger partial charge is 0.200 e. The van der Waals surface area contributed by atoms with E-state index in [1.807, 2.05) is 53.3 Å². The van der Waals surface area contributed by atoms with Crippen molar-refractivity contribution in [2.75, 3.05) is 13.7 Å². The Balaban J connectivity index is 1.55. The molecule has 0 radical (unpaired) electrons. The van der Waals surface area contributed by atoms with Crippen molar-refractivity contribution in [2.24, 2.45) is 0 Å². The largest absolute Gasteiger partial charge is 0.493 e. The van der Waals surface area contributed by atoms with Gasteiger partial charge < -0.3 is 14.2 Å². The standard InChI is InChI=1S/C21H22N2O3/c1-24-19-10-9-17(14-20(19)26-21-8-5-13-25-21)18-11-12-23(22-18)15-16-6-3-2-4-7-16/h2-4,6-7,9-12,14,21H,5,8,13,15H2,1H3/t21-/m0/s1. The van der Waals surface area contributed by atoms with Gasteiger partial charge in [-0.15, -0.1) is 0 Å². The first kappa shape index (κ1) is 16.7. The van der Waals surface area contributed by atoms with Crippen LogP contribution in [-0.4, -0.2) is 29.8 Å². The van der Waals surface area contributed by atoms with Crippen LogP contribution in [0.2, 0.25) is 0 Å². The van der Waals surface area contributed by atoms with Gasteiger partial charge in [-0.3, -0.25) is 4.68 Å². The molecule has 5 nitrogen and oxygen atoms in total. The van der Waals surface area contributed by atoms with Crippen molar-refractivity contribution < 1.29 is 14.2 Å². The third-order valence-corrected chi connectivity index (χ3v) is 4.43. The molecule has 1 aromatic heterocycles. The molecule has 26 heavy (non-hydrogen) atoms. The third-order valence-electron chi connectivity index (χ3n) is 4.43.